The van der Waals surface area contributed by atoms with Crippen LogP contribution in [0.3, 0.4) is 0 Å². The minimum absolute atomic E-state index is 0.180. The van der Waals surface area contributed by atoms with E-state index in [1.165, 1.54) is 0 Å². The monoisotopic (exact) mass is 307 g/mol. The van der Waals surface area contributed by atoms with E-state index in [0.29, 0.717) is 31.0 Å². The van der Waals surface area contributed by atoms with Crippen LogP contribution in [0.5, 0.6) is 5.75 Å². The van der Waals surface area contributed by atoms with Crippen LogP contribution in [0.25, 0.3) is 0 Å². The molecule has 1 aromatic rings. The van der Waals surface area contributed by atoms with Crippen molar-refractivity contribution < 1.29 is 19.4 Å². The highest BCUT2D eigenvalue weighted by Gasteiger charge is 2.31. The van der Waals surface area contributed by atoms with Gasteiger partial charge in [0, 0.05) is 13.1 Å². The third kappa shape index (κ3) is 4.09. The van der Waals surface area contributed by atoms with Crippen molar-refractivity contribution in [2.24, 2.45) is 11.8 Å². The number of nitrogens with zero attached hydrogens (tertiary/aromatic N) is 2. The van der Waals surface area contributed by atoms with E-state index in [1.807, 2.05) is 6.92 Å². The number of carboxylic acids is 1. The number of rotatable bonds is 4. The Bertz CT molecular complexity index is 532. The molecule has 0 bridgehead atoms. The van der Waals surface area contributed by atoms with E-state index in [9.17, 15) is 9.59 Å². The number of piperidine rings is 1. The standard InChI is InChI=1S/C15H21N3O4/c1-10-5-11(14(19)20)9-18(8-10)15(21)17-6-12-3-4-13(22-2)7-16-12/h3-4,7,10-11H,5-6,8-9H2,1-2H3,(H,17,21)(H,19,20). The van der Waals surface area contributed by atoms with Gasteiger partial charge in [0.05, 0.1) is 31.5 Å². The molecule has 2 heterocycles. The van der Waals surface area contributed by atoms with Crippen molar-refractivity contribution >= 4 is 12.0 Å². The third-order valence-corrected chi connectivity index (χ3v) is 3.75. The fourth-order valence-corrected chi connectivity index (χ4v) is 2.61. The van der Waals surface area contributed by atoms with E-state index >= 15 is 0 Å². The van der Waals surface area contributed by atoms with E-state index in [1.54, 1.807) is 30.3 Å². The quantitative estimate of drug-likeness (QED) is 0.876. The van der Waals surface area contributed by atoms with Crippen molar-refractivity contribution in [1.82, 2.24) is 15.2 Å². The lowest BCUT2D eigenvalue weighted by Gasteiger charge is -2.34. The van der Waals surface area contributed by atoms with Gasteiger partial charge >= 0.3 is 12.0 Å². The van der Waals surface area contributed by atoms with Crippen molar-refractivity contribution in [2.75, 3.05) is 20.2 Å². The molecule has 1 fully saturated rings. The SMILES string of the molecule is COc1ccc(CNC(=O)N2CC(C)CC(C(=O)O)C2)nc1. The van der Waals surface area contributed by atoms with Gasteiger partial charge in [-0.25, -0.2) is 4.79 Å². The topological polar surface area (TPSA) is 91.8 Å². The number of hydrogen-bond donors (Lipinski definition) is 2. The van der Waals surface area contributed by atoms with E-state index in [2.05, 4.69) is 10.3 Å². The smallest absolute Gasteiger partial charge is 0.317 e. The van der Waals surface area contributed by atoms with Gasteiger partial charge in [0.15, 0.2) is 0 Å². The van der Waals surface area contributed by atoms with Gasteiger partial charge in [0.1, 0.15) is 5.75 Å². The van der Waals surface area contributed by atoms with Crippen LogP contribution in [0, 0.1) is 11.8 Å². The number of nitrogens with one attached hydrogen (secondary N) is 1. The maximum absolute atomic E-state index is 12.2. The number of methoxy groups -OCH3 is 1. The largest absolute Gasteiger partial charge is 0.495 e. The zero-order valence-electron chi connectivity index (χ0n) is 12.8. The Morgan fingerprint density at radius 3 is 2.82 bits per heavy atom. The normalized spacial score (nSPS) is 21.3. The molecule has 0 radical (unpaired) electrons. The molecule has 22 heavy (non-hydrogen) atoms. The van der Waals surface area contributed by atoms with E-state index in [4.69, 9.17) is 9.84 Å². The first-order valence-electron chi connectivity index (χ1n) is 7.24. The number of ether oxygens (including phenoxy) is 1. The number of likely N-dealkylation sites (tertiary alicyclic amines) is 1. The summed E-state index contributed by atoms with van der Waals surface area (Å²) in [4.78, 5) is 29.0. The predicted octanol–water partition coefficient (Wildman–Crippen LogP) is 1.34. The average Bonchev–Trinajstić information content (AvgIpc) is 2.52. The minimum atomic E-state index is -0.846. The maximum Gasteiger partial charge on any atom is 0.317 e. The summed E-state index contributed by atoms with van der Waals surface area (Å²) < 4.78 is 5.02. The van der Waals surface area contributed by atoms with Crippen molar-refractivity contribution in [3.05, 3.63) is 24.0 Å². The molecule has 7 heteroatoms. The summed E-state index contributed by atoms with van der Waals surface area (Å²) in [6.07, 6.45) is 2.20. The van der Waals surface area contributed by atoms with Crippen molar-refractivity contribution in [2.45, 2.75) is 19.9 Å². The maximum atomic E-state index is 12.2. The predicted molar refractivity (Wildman–Crippen MR) is 79.5 cm³/mol. The summed E-state index contributed by atoms with van der Waals surface area (Å²) in [5.74, 6) is -0.501. The molecule has 2 amide bonds. The highest BCUT2D eigenvalue weighted by molar-refractivity contribution is 5.76. The molecule has 0 saturated carbocycles. The van der Waals surface area contributed by atoms with Gasteiger partial charge in [0.2, 0.25) is 0 Å². The first-order valence-corrected chi connectivity index (χ1v) is 7.24. The fourth-order valence-electron chi connectivity index (χ4n) is 2.61. The molecule has 1 aromatic heterocycles. The molecule has 1 aliphatic rings. The van der Waals surface area contributed by atoms with Crippen LogP contribution in [0.15, 0.2) is 18.3 Å². The van der Waals surface area contributed by atoms with Gasteiger partial charge in [-0.3, -0.25) is 9.78 Å². The van der Waals surface area contributed by atoms with Gasteiger partial charge in [-0.1, -0.05) is 6.92 Å². The number of aromatic nitrogens is 1. The number of aliphatic carboxylic acids is 1. The highest BCUT2D eigenvalue weighted by Crippen LogP contribution is 2.21. The van der Waals surface area contributed by atoms with Crippen LogP contribution in [-0.4, -0.2) is 47.2 Å². The summed E-state index contributed by atoms with van der Waals surface area (Å²) >= 11 is 0. The van der Waals surface area contributed by atoms with Crippen LogP contribution in [-0.2, 0) is 11.3 Å². The first-order chi connectivity index (χ1) is 10.5. The van der Waals surface area contributed by atoms with E-state index < -0.39 is 11.9 Å². The Morgan fingerprint density at radius 2 is 2.23 bits per heavy atom. The summed E-state index contributed by atoms with van der Waals surface area (Å²) in [6.45, 7) is 3.08. The molecule has 1 aliphatic heterocycles. The molecule has 1 saturated heterocycles. The lowest BCUT2D eigenvalue weighted by molar-refractivity contribution is -0.143. The number of carbonyl (C=O) groups is 2. The number of urea groups is 1. The molecule has 2 rings (SSSR count). The molecule has 120 valence electrons. The van der Waals surface area contributed by atoms with Crippen LogP contribution >= 0.6 is 0 Å². The zero-order valence-corrected chi connectivity index (χ0v) is 12.8. The Morgan fingerprint density at radius 1 is 1.45 bits per heavy atom. The van der Waals surface area contributed by atoms with Crippen LogP contribution < -0.4 is 10.1 Å². The van der Waals surface area contributed by atoms with Crippen molar-refractivity contribution in [1.29, 1.82) is 0 Å². The zero-order chi connectivity index (χ0) is 16.1. The summed E-state index contributed by atoms with van der Waals surface area (Å²) in [5, 5.41) is 11.9. The van der Waals surface area contributed by atoms with E-state index in [-0.39, 0.29) is 18.5 Å². The molecular weight excluding hydrogens is 286 g/mol. The Balaban J connectivity index is 1.89. The Labute approximate surface area is 129 Å². The second kappa shape index (κ2) is 7.11. The number of hydrogen-bond acceptors (Lipinski definition) is 4. The Kier molecular flexibility index (Phi) is 5.19. The molecule has 7 nitrogen and oxygen atoms in total. The average molecular weight is 307 g/mol. The van der Waals surface area contributed by atoms with Crippen molar-refractivity contribution in [3.63, 3.8) is 0 Å². The molecule has 2 atom stereocenters. The lowest BCUT2D eigenvalue weighted by atomic mass is 9.91. The van der Waals surface area contributed by atoms with Crippen LogP contribution in [0.1, 0.15) is 19.0 Å². The fraction of sp³-hybridized carbons (Fsp3) is 0.533. The molecule has 2 N–H and O–H groups in total. The van der Waals surface area contributed by atoms with Gasteiger partial charge in [-0.05, 0) is 24.5 Å². The van der Waals surface area contributed by atoms with Gasteiger partial charge in [0.25, 0.3) is 0 Å². The Hall–Kier alpha value is -2.31. The molecule has 0 spiro atoms. The highest BCUT2D eigenvalue weighted by atomic mass is 16.5. The third-order valence-electron chi connectivity index (χ3n) is 3.75. The van der Waals surface area contributed by atoms with Crippen LogP contribution in [0.4, 0.5) is 4.79 Å². The number of amides is 2. The summed E-state index contributed by atoms with van der Waals surface area (Å²) in [7, 11) is 1.56. The molecule has 0 aliphatic carbocycles. The second-order valence-electron chi connectivity index (χ2n) is 5.63. The summed E-state index contributed by atoms with van der Waals surface area (Å²) in [5.41, 5.74) is 0.717. The second-order valence-corrected chi connectivity index (χ2v) is 5.63. The van der Waals surface area contributed by atoms with Gasteiger partial charge in [-0.15, -0.1) is 0 Å². The molecule has 0 aromatic carbocycles. The van der Waals surface area contributed by atoms with Crippen LogP contribution in [0.2, 0.25) is 0 Å². The number of pyridine rings is 1. The minimum Gasteiger partial charge on any atom is -0.495 e. The lowest BCUT2D eigenvalue weighted by Crippen LogP contribution is -2.49. The molecular formula is C15H21N3O4. The number of carbonyl (C=O) groups excluding carboxylic acids is 1. The van der Waals surface area contributed by atoms with Gasteiger partial charge in [-0.2, -0.15) is 0 Å². The molecule has 2 unspecified atom stereocenters. The van der Waals surface area contributed by atoms with Crippen molar-refractivity contribution in [3.8, 4) is 5.75 Å². The van der Waals surface area contributed by atoms with Gasteiger partial charge < -0.3 is 20.1 Å². The summed E-state index contributed by atoms with van der Waals surface area (Å²) in [6, 6.07) is 3.30. The van der Waals surface area contributed by atoms with E-state index in [0.717, 1.165) is 0 Å². The first kappa shape index (κ1) is 16.1. The number of carboxylic acid groups (broad SMARTS) is 1.